The predicted octanol–water partition coefficient (Wildman–Crippen LogP) is 2.79. The van der Waals surface area contributed by atoms with Crippen LogP contribution in [0, 0.1) is 6.92 Å². The third-order valence-electron chi connectivity index (χ3n) is 3.52. The number of aryl methyl sites for hydroxylation is 2. The first-order valence-electron chi connectivity index (χ1n) is 5.65. The molecule has 2 heterocycles. The Hall–Kier alpha value is -0.990. The second-order valence-corrected chi connectivity index (χ2v) is 4.97. The van der Waals surface area contributed by atoms with Crippen molar-refractivity contribution in [1.29, 1.82) is 0 Å². The number of benzene rings is 1. The van der Waals surface area contributed by atoms with Gasteiger partial charge in [0.25, 0.3) is 0 Å². The van der Waals surface area contributed by atoms with Crippen LogP contribution in [-0.4, -0.2) is 11.1 Å². The molecule has 2 aromatic rings. The molecule has 3 heteroatoms. The Labute approximate surface area is 100 Å². The summed E-state index contributed by atoms with van der Waals surface area (Å²) in [4.78, 5) is 0. The molecule has 1 aliphatic heterocycles. The minimum atomic E-state index is 0.837. The molecule has 3 rings (SSSR count). The van der Waals surface area contributed by atoms with E-state index in [0.29, 0.717) is 0 Å². The zero-order valence-corrected chi connectivity index (χ0v) is 10.4. The smallest absolute Gasteiger partial charge is 0.0514 e. The molecule has 84 valence electrons. The first-order chi connectivity index (χ1) is 7.68. The largest absolute Gasteiger partial charge is 0.347 e. The van der Waals surface area contributed by atoms with Gasteiger partial charge >= 0.3 is 0 Å². The van der Waals surface area contributed by atoms with Crippen molar-refractivity contribution in [2.24, 2.45) is 7.05 Å². The Morgan fingerprint density at radius 2 is 2.19 bits per heavy atom. The maximum absolute atomic E-state index is 6.15. The highest BCUT2D eigenvalue weighted by Crippen LogP contribution is 2.32. The van der Waals surface area contributed by atoms with Gasteiger partial charge < -0.3 is 9.88 Å². The van der Waals surface area contributed by atoms with Crippen LogP contribution in [0.1, 0.15) is 16.8 Å². The molecule has 0 bridgehead atoms. The van der Waals surface area contributed by atoms with Crippen molar-refractivity contribution in [3.63, 3.8) is 0 Å². The Balaban J connectivity index is 2.44. The van der Waals surface area contributed by atoms with Crippen LogP contribution < -0.4 is 5.32 Å². The van der Waals surface area contributed by atoms with Crippen molar-refractivity contribution >= 4 is 22.5 Å². The van der Waals surface area contributed by atoms with Gasteiger partial charge in [-0.05, 0) is 30.2 Å². The van der Waals surface area contributed by atoms with E-state index in [0.717, 1.165) is 24.5 Å². The molecule has 0 saturated heterocycles. The van der Waals surface area contributed by atoms with Gasteiger partial charge in [0.1, 0.15) is 0 Å². The van der Waals surface area contributed by atoms with E-state index in [1.165, 1.54) is 27.7 Å². The fourth-order valence-electron chi connectivity index (χ4n) is 2.84. The van der Waals surface area contributed by atoms with Crippen LogP contribution in [0.25, 0.3) is 10.9 Å². The summed E-state index contributed by atoms with van der Waals surface area (Å²) >= 11 is 6.15. The second-order valence-electron chi connectivity index (χ2n) is 4.53. The van der Waals surface area contributed by atoms with E-state index in [1.807, 2.05) is 6.07 Å². The van der Waals surface area contributed by atoms with E-state index < -0.39 is 0 Å². The lowest BCUT2D eigenvalue weighted by atomic mass is 10.0. The lowest BCUT2D eigenvalue weighted by molar-refractivity contribution is 0.622. The number of fused-ring (bicyclic) bond motifs is 3. The monoisotopic (exact) mass is 234 g/mol. The molecule has 0 amide bonds. The number of aromatic nitrogens is 1. The van der Waals surface area contributed by atoms with Crippen LogP contribution in [0.5, 0.6) is 0 Å². The van der Waals surface area contributed by atoms with Crippen molar-refractivity contribution in [1.82, 2.24) is 9.88 Å². The maximum atomic E-state index is 6.15. The van der Waals surface area contributed by atoms with Crippen LogP contribution >= 0.6 is 11.6 Å². The molecule has 1 aromatic heterocycles. The van der Waals surface area contributed by atoms with Crippen LogP contribution in [0.3, 0.4) is 0 Å². The first-order valence-corrected chi connectivity index (χ1v) is 6.03. The summed E-state index contributed by atoms with van der Waals surface area (Å²) in [5.74, 6) is 0. The lowest BCUT2D eigenvalue weighted by Gasteiger charge is -2.14. The van der Waals surface area contributed by atoms with Gasteiger partial charge in [-0.2, -0.15) is 0 Å². The molecule has 1 N–H and O–H groups in total. The average Bonchev–Trinajstić information content (AvgIpc) is 2.54. The van der Waals surface area contributed by atoms with Crippen molar-refractivity contribution in [2.75, 3.05) is 6.54 Å². The molecular weight excluding hydrogens is 220 g/mol. The molecule has 1 aromatic carbocycles. The lowest BCUT2D eigenvalue weighted by Crippen LogP contribution is -2.24. The fourth-order valence-corrected chi connectivity index (χ4v) is 3.11. The molecule has 16 heavy (non-hydrogen) atoms. The van der Waals surface area contributed by atoms with Crippen LogP contribution in [0.15, 0.2) is 12.1 Å². The topological polar surface area (TPSA) is 17.0 Å². The Bertz CT molecular complexity index is 569. The highest BCUT2D eigenvalue weighted by Gasteiger charge is 2.19. The Morgan fingerprint density at radius 1 is 1.38 bits per heavy atom. The number of rotatable bonds is 0. The Kier molecular flexibility index (Phi) is 2.23. The standard InChI is InChI=1S/C13H15ClN2/c1-8-5-9(14)6-10-11-7-15-4-3-12(11)16(2)13(8)10/h5-6,15H,3-4,7H2,1-2H3. The van der Waals surface area contributed by atoms with Crippen molar-refractivity contribution in [2.45, 2.75) is 19.9 Å². The van der Waals surface area contributed by atoms with E-state index in [4.69, 9.17) is 11.6 Å². The molecule has 0 saturated carbocycles. The molecule has 0 atom stereocenters. The summed E-state index contributed by atoms with van der Waals surface area (Å²) in [6.45, 7) is 4.17. The van der Waals surface area contributed by atoms with Gasteiger partial charge in [0.05, 0.1) is 5.52 Å². The fraction of sp³-hybridized carbons (Fsp3) is 0.385. The van der Waals surface area contributed by atoms with E-state index >= 15 is 0 Å². The molecular formula is C13H15ClN2. The van der Waals surface area contributed by atoms with Crippen LogP contribution in [0.2, 0.25) is 5.02 Å². The molecule has 0 radical (unpaired) electrons. The zero-order chi connectivity index (χ0) is 11.3. The minimum Gasteiger partial charge on any atom is -0.347 e. The van der Waals surface area contributed by atoms with Crippen molar-refractivity contribution < 1.29 is 0 Å². The molecule has 0 fully saturated rings. The van der Waals surface area contributed by atoms with Crippen LogP contribution in [0.4, 0.5) is 0 Å². The number of halogens is 1. The second kappa shape index (κ2) is 3.51. The highest BCUT2D eigenvalue weighted by atomic mass is 35.5. The highest BCUT2D eigenvalue weighted by molar-refractivity contribution is 6.31. The summed E-state index contributed by atoms with van der Waals surface area (Å²) in [6.07, 6.45) is 1.11. The van der Waals surface area contributed by atoms with Gasteiger partial charge in [-0.3, -0.25) is 0 Å². The summed E-state index contributed by atoms with van der Waals surface area (Å²) in [6, 6.07) is 4.14. The van der Waals surface area contributed by atoms with Crippen molar-refractivity contribution in [3.8, 4) is 0 Å². The van der Waals surface area contributed by atoms with Gasteiger partial charge in [-0.1, -0.05) is 11.6 Å². The van der Waals surface area contributed by atoms with E-state index in [1.54, 1.807) is 0 Å². The minimum absolute atomic E-state index is 0.837. The third kappa shape index (κ3) is 1.30. The van der Waals surface area contributed by atoms with Gasteiger partial charge in [0, 0.05) is 42.7 Å². The van der Waals surface area contributed by atoms with E-state index in [2.05, 4.69) is 29.9 Å². The number of hydrogen-bond acceptors (Lipinski definition) is 1. The maximum Gasteiger partial charge on any atom is 0.0514 e. The summed E-state index contributed by atoms with van der Waals surface area (Å²) in [5.41, 5.74) is 5.48. The van der Waals surface area contributed by atoms with E-state index in [-0.39, 0.29) is 0 Å². The molecule has 0 spiro atoms. The predicted molar refractivity (Wildman–Crippen MR) is 68.1 cm³/mol. The van der Waals surface area contributed by atoms with Gasteiger partial charge in [-0.25, -0.2) is 0 Å². The number of nitrogens with zero attached hydrogens (tertiary/aromatic N) is 1. The molecule has 1 aliphatic rings. The normalized spacial score (nSPS) is 15.4. The quantitative estimate of drug-likeness (QED) is 0.742. The summed E-state index contributed by atoms with van der Waals surface area (Å²) < 4.78 is 2.33. The number of nitrogens with one attached hydrogen (secondary N) is 1. The zero-order valence-electron chi connectivity index (χ0n) is 9.60. The summed E-state index contributed by atoms with van der Waals surface area (Å²) in [5, 5.41) is 5.58. The van der Waals surface area contributed by atoms with Gasteiger partial charge in [0.15, 0.2) is 0 Å². The molecule has 2 nitrogen and oxygen atoms in total. The summed E-state index contributed by atoms with van der Waals surface area (Å²) in [7, 11) is 2.16. The van der Waals surface area contributed by atoms with Gasteiger partial charge in [-0.15, -0.1) is 0 Å². The Morgan fingerprint density at radius 3 is 3.00 bits per heavy atom. The van der Waals surface area contributed by atoms with Crippen molar-refractivity contribution in [3.05, 3.63) is 34.0 Å². The van der Waals surface area contributed by atoms with Gasteiger partial charge in [0.2, 0.25) is 0 Å². The molecule has 0 unspecified atom stereocenters. The van der Waals surface area contributed by atoms with Crippen LogP contribution in [-0.2, 0) is 20.0 Å². The van der Waals surface area contributed by atoms with E-state index in [9.17, 15) is 0 Å². The molecule has 0 aliphatic carbocycles. The third-order valence-corrected chi connectivity index (χ3v) is 3.74. The average molecular weight is 235 g/mol. The SMILES string of the molecule is Cc1cc(Cl)cc2c3c(n(C)c12)CCNC3. The first kappa shape index (κ1) is 10.2. The number of hydrogen-bond donors (Lipinski definition) is 1.